The van der Waals surface area contributed by atoms with Gasteiger partial charge < -0.3 is 10.6 Å². The Morgan fingerprint density at radius 3 is 2.90 bits per heavy atom. The molecule has 2 N–H and O–H groups in total. The normalized spacial score (nSPS) is 18.9. The van der Waals surface area contributed by atoms with Crippen LogP contribution in [0.15, 0.2) is 67.1 Å². The molecule has 7 heteroatoms. The van der Waals surface area contributed by atoms with Gasteiger partial charge >= 0.3 is 0 Å². The molecule has 1 aliphatic rings. The summed E-state index contributed by atoms with van der Waals surface area (Å²) in [4.78, 5) is 9.32. The molecule has 1 aliphatic heterocycles. The molecule has 0 aliphatic carbocycles. The van der Waals surface area contributed by atoms with Gasteiger partial charge in [-0.3, -0.25) is 9.67 Å². The SMILES string of the molecule is FC1(CNc2nc(-c3cnn(Cc4ccccc4)c3)cc3ncccc23)CCCNC1. The third-order valence-corrected chi connectivity index (χ3v) is 5.71. The summed E-state index contributed by atoms with van der Waals surface area (Å²) in [7, 11) is 0. The van der Waals surface area contributed by atoms with Gasteiger partial charge in [0, 0.05) is 29.9 Å². The average Bonchev–Trinajstić information content (AvgIpc) is 3.27. The van der Waals surface area contributed by atoms with Crippen molar-refractivity contribution in [1.29, 1.82) is 0 Å². The van der Waals surface area contributed by atoms with Gasteiger partial charge in [0.25, 0.3) is 0 Å². The number of pyridine rings is 2. The lowest BCUT2D eigenvalue weighted by molar-refractivity contribution is 0.137. The molecule has 4 aromatic rings. The highest BCUT2D eigenvalue weighted by atomic mass is 19.1. The first-order valence-corrected chi connectivity index (χ1v) is 10.6. The summed E-state index contributed by atoms with van der Waals surface area (Å²) in [5.41, 5.74) is 2.40. The van der Waals surface area contributed by atoms with Gasteiger partial charge in [-0.25, -0.2) is 9.37 Å². The predicted octanol–water partition coefficient (Wildman–Crippen LogP) is 4.05. The zero-order chi connectivity index (χ0) is 21.1. The highest BCUT2D eigenvalue weighted by molar-refractivity contribution is 5.91. The molecule has 31 heavy (non-hydrogen) atoms. The third kappa shape index (κ3) is 4.41. The second-order valence-electron chi connectivity index (χ2n) is 8.12. The first-order valence-electron chi connectivity index (χ1n) is 10.6. The van der Waals surface area contributed by atoms with Crippen LogP contribution in [0.3, 0.4) is 0 Å². The Hall–Kier alpha value is -3.32. The van der Waals surface area contributed by atoms with E-state index in [4.69, 9.17) is 4.98 Å². The molecule has 3 aromatic heterocycles. The molecular formula is C24H25FN6. The Morgan fingerprint density at radius 2 is 2.06 bits per heavy atom. The molecule has 0 radical (unpaired) electrons. The predicted molar refractivity (Wildman–Crippen MR) is 121 cm³/mol. The molecule has 1 saturated heterocycles. The van der Waals surface area contributed by atoms with E-state index in [-0.39, 0.29) is 6.54 Å². The van der Waals surface area contributed by atoms with Crippen molar-refractivity contribution in [3.63, 3.8) is 0 Å². The van der Waals surface area contributed by atoms with Gasteiger partial charge in [0.05, 0.1) is 30.5 Å². The molecule has 1 atom stereocenters. The van der Waals surface area contributed by atoms with Crippen LogP contribution in [0.1, 0.15) is 18.4 Å². The maximum atomic E-state index is 15.1. The number of aromatic nitrogens is 4. The molecule has 0 bridgehead atoms. The molecule has 6 nitrogen and oxygen atoms in total. The van der Waals surface area contributed by atoms with Crippen molar-refractivity contribution in [2.45, 2.75) is 25.1 Å². The fourth-order valence-corrected chi connectivity index (χ4v) is 4.03. The second kappa shape index (κ2) is 8.43. The van der Waals surface area contributed by atoms with E-state index in [1.807, 2.05) is 53.5 Å². The van der Waals surface area contributed by atoms with Crippen LogP contribution in [0.2, 0.25) is 0 Å². The highest BCUT2D eigenvalue weighted by Crippen LogP contribution is 2.28. The largest absolute Gasteiger partial charge is 0.366 e. The summed E-state index contributed by atoms with van der Waals surface area (Å²) < 4.78 is 17.0. The number of nitrogens with one attached hydrogen (secondary N) is 2. The van der Waals surface area contributed by atoms with Crippen LogP contribution >= 0.6 is 0 Å². The number of fused-ring (bicyclic) bond motifs is 1. The quantitative estimate of drug-likeness (QED) is 0.496. The molecule has 158 valence electrons. The Balaban J connectivity index is 1.43. The topological polar surface area (TPSA) is 67.7 Å². The Morgan fingerprint density at radius 1 is 1.16 bits per heavy atom. The third-order valence-electron chi connectivity index (χ3n) is 5.71. The van der Waals surface area contributed by atoms with Gasteiger partial charge in [-0.05, 0) is 43.1 Å². The number of anilines is 1. The van der Waals surface area contributed by atoms with Crippen molar-refractivity contribution < 1.29 is 4.39 Å². The van der Waals surface area contributed by atoms with Crippen molar-refractivity contribution in [3.05, 3.63) is 72.7 Å². The first kappa shape index (κ1) is 19.6. The van der Waals surface area contributed by atoms with E-state index >= 15 is 4.39 Å². The summed E-state index contributed by atoms with van der Waals surface area (Å²) in [5, 5.41) is 11.8. The molecule has 5 rings (SSSR count). The summed E-state index contributed by atoms with van der Waals surface area (Å²) in [6, 6.07) is 16.0. The van der Waals surface area contributed by atoms with Crippen LogP contribution in [0.25, 0.3) is 22.2 Å². The van der Waals surface area contributed by atoms with Crippen LogP contribution in [0, 0.1) is 0 Å². The Labute approximate surface area is 180 Å². The van der Waals surface area contributed by atoms with Crippen molar-refractivity contribution in [2.75, 3.05) is 25.0 Å². The van der Waals surface area contributed by atoms with Crippen LogP contribution in [-0.2, 0) is 6.54 Å². The number of hydrogen-bond acceptors (Lipinski definition) is 5. The highest BCUT2D eigenvalue weighted by Gasteiger charge is 2.31. The lowest BCUT2D eigenvalue weighted by atomic mass is 9.96. The Bertz CT molecular complexity index is 1170. The fraction of sp³-hybridized carbons (Fsp3) is 0.292. The standard InChI is InChI=1S/C24H25FN6/c25-24(9-5-10-26-16-24)17-28-23-20-8-4-11-27-22(20)12-21(30-23)19-13-29-31(15-19)14-18-6-2-1-3-7-18/h1-4,6-8,11-13,15,26H,5,9-10,14,16-17H2,(H,28,30). The summed E-state index contributed by atoms with van der Waals surface area (Å²) >= 11 is 0. The molecular weight excluding hydrogens is 391 g/mol. The van der Waals surface area contributed by atoms with E-state index < -0.39 is 5.67 Å². The van der Waals surface area contributed by atoms with E-state index in [1.165, 1.54) is 5.56 Å². The summed E-state index contributed by atoms with van der Waals surface area (Å²) in [6.07, 6.45) is 6.95. The van der Waals surface area contributed by atoms with Crippen molar-refractivity contribution >= 4 is 16.7 Å². The zero-order valence-electron chi connectivity index (χ0n) is 17.3. The Kier molecular flexibility index (Phi) is 5.34. The second-order valence-corrected chi connectivity index (χ2v) is 8.12. The number of alkyl halides is 1. The minimum absolute atomic E-state index is 0.216. The number of rotatable bonds is 6. The summed E-state index contributed by atoms with van der Waals surface area (Å²) in [6.45, 7) is 2.14. The molecule has 1 unspecified atom stereocenters. The van der Waals surface area contributed by atoms with E-state index in [1.54, 1.807) is 6.20 Å². The maximum absolute atomic E-state index is 15.1. The monoisotopic (exact) mass is 416 g/mol. The minimum atomic E-state index is -1.27. The van der Waals surface area contributed by atoms with E-state index in [0.717, 1.165) is 35.1 Å². The van der Waals surface area contributed by atoms with Crippen LogP contribution < -0.4 is 10.6 Å². The lowest BCUT2D eigenvalue weighted by Gasteiger charge is -2.30. The average molecular weight is 417 g/mol. The van der Waals surface area contributed by atoms with Gasteiger partial charge in [-0.1, -0.05) is 30.3 Å². The molecule has 4 heterocycles. The van der Waals surface area contributed by atoms with Crippen molar-refractivity contribution in [2.24, 2.45) is 0 Å². The minimum Gasteiger partial charge on any atom is -0.366 e. The van der Waals surface area contributed by atoms with Gasteiger partial charge in [0.1, 0.15) is 11.5 Å². The number of benzene rings is 1. The number of hydrogen-bond donors (Lipinski definition) is 2. The molecule has 1 aromatic carbocycles. The van der Waals surface area contributed by atoms with E-state index in [2.05, 4.69) is 32.8 Å². The number of halogens is 1. The van der Waals surface area contributed by atoms with Gasteiger partial charge in [-0.2, -0.15) is 5.10 Å². The lowest BCUT2D eigenvalue weighted by Crippen LogP contribution is -2.46. The van der Waals surface area contributed by atoms with E-state index in [9.17, 15) is 0 Å². The van der Waals surface area contributed by atoms with Crippen LogP contribution in [0.4, 0.5) is 10.2 Å². The van der Waals surface area contributed by atoms with Crippen molar-refractivity contribution in [1.82, 2.24) is 25.1 Å². The number of piperidine rings is 1. The van der Waals surface area contributed by atoms with Crippen LogP contribution in [0.5, 0.6) is 0 Å². The zero-order valence-corrected chi connectivity index (χ0v) is 17.3. The van der Waals surface area contributed by atoms with Crippen molar-refractivity contribution in [3.8, 4) is 11.3 Å². The van der Waals surface area contributed by atoms with Gasteiger partial charge in [0.2, 0.25) is 0 Å². The fourth-order valence-electron chi connectivity index (χ4n) is 4.03. The van der Waals surface area contributed by atoms with Crippen LogP contribution in [-0.4, -0.2) is 45.1 Å². The number of nitrogens with zero attached hydrogens (tertiary/aromatic N) is 4. The van der Waals surface area contributed by atoms with Gasteiger partial charge in [0.15, 0.2) is 0 Å². The molecule has 0 spiro atoms. The molecule has 1 fully saturated rings. The molecule has 0 saturated carbocycles. The molecule has 0 amide bonds. The van der Waals surface area contributed by atoms with E-state index in [0.29, 0.717) is 25.3 Å². The van der Waals surface area contributed by atoms with Gasteiger partial charge in [-0.15, -0.1) is 0 Å². The summed E-state index contributed by atoms with van der Waals surface area (Å²) in [5.74, 6) is 0.652. The smallest absolute Gasteiger partial charge is 0.140 e. The first-order chi connectivity index (χ1) is 15.2. The maximum Gasteiger partial charge on any atom is 0.140 e.